The molecule has 1 aromatic heterocycles. The molecule has 0 saturated carbocycles. The van der Waals surface area contributed by atoms with Crippen LogP contribution in [-0.2, 0) is 0 Å². The van der Waals surface area contributed by atoms with Gasteiger partial charge in [0.05, 0.1) is 12.3 Å². The Morgan fingerprint density at radius 3 is 2.65 bits per heavy atom. The van der Waals surface area contributed by atoms with Crippen LogP contribution >= 0.6 is 0 Å². The summed E-state index contributed by atoms with van der Waals surface area (Å²) >= 11 is 0. The van der Waals surface area contributed by atoms with Gasteiger partial charge in [-0.3, -0.25) is 0 Å². The summed E-state index contributed by atoms with van der Waals surface area (Å²) in [6, 6.07) is 4.86. The number of furan rings is 1. The lowest BCUT2D eigenvalue weighted by molar-refractivity contribution is 0.183. The standard InChI is InChI=1S/C14H24N2O/c1-11(13-6-8-16(3)9-7-13)15-12(2)14-5-4-10-17-14/h4-5,10-13,15H,6-9H2,1-3H3/t11?,12-/m1/s1. The van der Waals surface area contributed by atoms with Crippen LogP contribution in [0.15, 0.2) is 22.8 Å². The molecule has 1 fully saturated rings. The summed E-state index contributed by atoms with van der Waals surface area (Å²) in [5.74, 6) is 1.83. The topological polar surface area (TPSA) is 28.4 Å². The highest BCUT2D eigenvalue weighted by Crippen LogP contribution is 2.22. The molecule has 96 valence electrons. The molecule has 17 heavy (non-hydrogen) atoms. The summed E-state index contributed by atoms with van der Waals surface area (Å²) in [4.78, 5) is 2.42. The third-order valence-electron chi connectivity index (χ3n) is 3.95. The second-order valence-corrected chi connectivity index (χ2v) is 5.33. The van der Waals surface area contributed by atoms with Crippen LogP contribution in [0.5, 0.6) is 0 Å². The van der Waals surface area contributed by atoms with E-state index in [0.717, 1.165) is 11.7 Å². The summed E-state index contributed by atoms with van der Waals surface area (Å²) in [6.45, 7) is 6.93. The molecule has 1 unspecified atom stereocenters. The van der Waals surface area contributed by atoms with E-state index in [4.69, 9.17) is 4.42 Å². The van der Waals surface area contributed by atoms with Crippen LogP contribution in [0, 0.1) is 5.92 Å². The molecule has 1 aliphatic rings. The van der Waals surface area contributed by atoms with E-state index in [1.807, 2.05) is 12.1 Å². The van der Waals surface area contributed by atoms with Crippen molar-refractivity contribution in [3.05, 3.63) is 24.2 Å². The Morgan fingerprint density at radius 2 is 2.06 bits per heavy atom. The Balaban J connectivity index is 1.82. The third-order valence-corrected chi connectivity index (χ3v) is 3.95. The minimum atomic E-state index is 0.305. The Hall–Kier alpha value is -0.800. The average molecular weight is 236 g/mol. The number of rotatable bonds is 4. The van der Waals surface area contributed by atoms with Crippen molar-refractivity contribution in [1.29, 1.82) is 0 Å². The maximum Gasteiger partial charge on any atom is 0.120 e. The molecule has 0 aromatic carbocycles. The van der Waals surface area contributed by atoms with Crippen molar-refractivity contribution < 1.29 is 4.42 Å². The molecule has 1 aliphatic heterocycles. The molecule has 1 aromatic rings. The Kier molecular flexibility index (Phi) is 4.24. The van der Waals surface area contributed by atoms with Crippen LogP contribution < -0.4 is 5.32 Å². The zero-order chi connectivity index (χ0) is 12.3. The molecule has 0 radical (unpaired) electrons. The van der Waals surface area contributed by atoms with Crippen LogP contribution in [0.1, 0.15) is 38.5 Å². The maximum absolute atomic E-state index is 5.43. The molecule has 3 nitrogen and oxygen atoms in total. The SMILES string of the molecule is CC(N[C@H](C)c1ccco1)C1CCN(C)CC1. The Morgan fingerprint density at radius 1 is 1.35 bits per heavy atom. The van der Waals surface area contributed by atoms with Gasteiger partial charge in [-0.1, -0.05) is 0 Å². The first-order chi connectivity index (χ1) is 8.16. The highest BCUT2D eigenvalue weighted by Gasteiger charge is 2.23. The first kappa shape index (κ1) is 12.7. The molecular formula is C14H24N2O. The van der Waals surface area contributed by atoms with Gasteiger partial charge in [-0.25, -0.2) is 0 Å². The molecule has 0 amide bonds. The zero-order valence-corrected chi connectivity index (χ0v) is 11.1. The summed E-state index contributed by atoms with van der Waals surface area (Å²) in [7, 11) is 2.21. The van der Waals surface area contributed by atoms with Gasteiger partial charge >= 0.3 is 0 Å². The fourth-order valence-corrected chi connectivity index (χ4v) is 2.68. The lowest BCUT2D eigenvalue weighted by Gasteiger charge is -2.34. The Labute approximate surface area is 104 Å². The molecule has 3 heteroatoms. The van der Waals surface area contributed by atoms with E-state index >= 15 is 0 Å². The molecule has 0 bridgehead atoms. The second-order valence-electron chi connectivity index (χ2n) is 5.33. The largest absolute Gasteiger partial charge is 0.468 e. The van der Waals surface area contributed by atoms with E-state index in [1.54, 1.807) is 6.26 Å². The number of nitrogens with one attached hydrogen (secondary N) is 1. The molecule has 1 saturated heterocycles. The highest BCUT2D eigenvalue weighted by molar-refractivity contribution is 5.03. The predicted octanol–water partition coefficient (Wildman–Crippen LogP) is 2.66. The summed E-state index contributed by atoms with van der Waals surface area (Å²) in [6.07, 6.45) is 4.35. The monoisotopic (exact) mass is 236 g/mol. The van der Waals surface area contributed by atoms with Crippen LogP contribution in [0.25, 0.3) is 0 Å². The summed E-state index contributed by atoms with van der Waals surface area (Å²) < 4.78 is 5.43. The van der Waals surface area contributed by atoms with Gasteiger partial charge in [-0.2, -0.15) is 0 Å². The Bertz CT molecular complexity index is 315. The lowest BCUT2D eigenvalue weighted by atomic mass is 9.90. The van der Waals surface area contributed by atoms with Crippen molar-refractivity contribution in [2.24, 2.45) is 5.92 Å². The smallest absolute Gasteiger partial charge is 0.120 e. The van der Waals surface area contributed by atoms with Crippen molar-refractivity contribution in [1.82, 2.24) is 10.2 Å². The molecule has 0 spiro atoms. The van der Waals surface area contributed by atoms with Gasteiger partial charge in [0.2, 0.25) is 0 Å². The van der Waals surface area contributed by atoms with E-state index < -0.39 is 0 Å². The van der Waals surface area contributed by atoms with Crippen LogP contribution in [0.3, 0.4) is 0 Å². The van der Waals surface area contributed by atoms with Crippen LogP contribution in [-0.4, -0.2) is 31.1 Å². The first-order valence-electron chi connectivity index (χ1n) is 6.65. The van der Waals surface area contributed by atoms with Gasteiger partial charge in [-0.05, 0) is 64.9 Å². The van der Waals surface area contributed by atoms with E-state index in [2.05, 4.69) is 31.1 Å². The van der Waals surface area contributed by atoms with Crippen LogP contribution in [0.2, 0.25) is 0 Å². The minimum Gasteiger partial charge on any atom is -0.468 e. The van der Waals surface area contributed by atoms with Gasteiger partial charge in [0.15, 0.2) is 0 Å². The van der Waals surface area contributed by atoms with E-state index in [0.29, 0.717) is 12.1 Å². The average Bonchev–Trinajstić information content (AvgIpc) is 2.83. The third kappa shape index (κ3) is 3.33. The quantitative estimate of drug-likeness (QED) is 0.871. The van der Waals surface area contributed by atoms with Crippen molar-refractivity contribution in [2.45, 2.75) is 38.8 Å². The van der Waals surface area contributed by atoms with Crippen LogP contribution in [0.4, 0.5) is 0 Å². The summed E-state index contributed by atoms with van der Waals surface area (Å²) in [5.41, 5.74) is 0. The second kappa shape index (κ2) is 5.69. The zero-order valence-electron chi connectivity index (χ0n) is 11.1. The number of hydrogen-bond acceptors (Lipinski definition) is 3. The van der Waals surface area contributed by atoms with Crippen molar-refractivity contribution in [2.75, 3.05) is 20.1 Å². The molecule has 1 N–H and O–H groups in total. The predicted molar refractivity (Wildman–Crippen MR) is 69.9 cm³/mol. The minimum absolute atomic E-state index is 0.305. The number of nitrogens with zero attached hydrogens (tertiary/aromatic N) is 1. The fourth-order valence-electron chi connectivity index (χ4n) is 2.68. The van der Waals surface area contributed by atoms with Gasteiger partial charge in [0.1, 0.15) is 5.76 Å². The lowest BCUT2D eigenvalue weighted by Crippen LogP contribution is -2.41. The highest BCUT2D eigenvalue weighted by atomic mass is 16.3. The molecular weight excluding hydrogens is 212 g/mol. The van der Waals surface area contributed by atoms with Crippen molar-refractivity contribution in [3.8, 4) is 0 Å². The number of piperidine rings is 1. The van der Waals surface area contributed by atoms with E-state index in [-0.39, 0.29) is 0 Å². The number of hydrogen-bond donors (Lipinski definition) is 1. The van der Waals surface area contributed by atoms with Gasteiger partial charge in [0.25, 0.3) is 0 Å². The normalized spacial score (nSPS) is 22.5. The molecule has 0 aliphatic carbocycles. The fraction of sp³-hybridized carbons (Fsp3) is 0.714. The molecule has 2 atom stereocenters. The van der Waals surface area contributed by atoms with Crippen molar-refractivity contribution >= 4 is 0 Å². The number of likely N-dealkylation sites (tertiary alicyclic amines) is 1. The van der Waals surface area contributed by atoms with Gasteiger partial charge in [0, 0.05) is 6.04 Å². The van der Waals surface area contributed by atoms with Gasteiger partial charge in [-0.15, -0.1) is 0 Å². The maximum atomic E-state index is 5.43. The summed E-state index contributed by atoms with van der Waals surface area (Å²) in [5, 5.41) is 3.65. The molecule has 2 heterocycles. The van der Waals surface area contributed by atoms with E-state index in [9.17, 15) is 0 Å². The van der Waals surface area contributed by atoms with E-state index in [1.165, 1.54) is 25.9 Å². The van der Waals surface area contributed by atoms with Gasteiger partial charge < -0.3 is 14.6 Å². The molecule has 2 rings (SSSR count). The van der Waals surface area contributed by atoms with Crippen molar-refractivity contribution in [3.63, 3.8) is 0 Å². The first-order valence-corrected chi connectivity index (χ1v) is 6.65.